The number of aryl methyl sites for hydroxylation is 2. The highest BCUT2D eigenvalue weighted by atomic mass is 32.1. The van der Waals surface area contributed by atoms with Crippen LogP contribution in [0.2, 0.25) is 0 Å². The minimum absolute atomic E-state index is 1.04. The highest BCUT2D eigenvalue weighted by molar-refractivity contribution is 7.15. The number of nitrogens with zero attached hydrogens (tertiary/aromatic N) is 2. The average Bonchev–Trinajstić information content (AvgIpc) is 2.83. The highest BCUT2D eigenvalue weighted by Crippen LogP contribution is 2.27. The van der Waals surface area contributed by atoms with E-state index in [1.165, 1.54) is 15.3 Å². The Morgan fingerprint density at radius 2 is 2.06 bits per heavy atom. The molecule has 3 heteroatoms. The molecule has 3 aromatic heterocycles. The van der Waals surface area contributed by atoms with Crippen LogP contribution in [0.25, 0.3) is 16.2 Å². The normalized spacial score (nSPS) is 11.1. The summed E-state index contributed by atoms with van der Waals surface area (Å²) in [4.78, 5) is 7.04. The monoisotopic (exact) mass is 228 g/mol. The van der Waals surface area contributed by atoms with Gasteiger partial charge in [-0.2, -0.15) is 0 Å². The summed E-state index contributed by atoms with van der Waals surface area (Å²) in [6.45, 7) is 4.22. The van der Waals surface area contributed by atoms with Crippen molar-refractivity contribution in [2.45, 2.75) is 13.8 Å². The molecule has 0 aliphatic heterocycles. The molecule has 3 aromatic rings. The fraction of sp³-hybridized carbons (Fsp3) is 0.154. The Bertz CT molecular complexity index is 649. The maximum Gasteiger partial charge on any atom is 0.154 e. The van der Waals surface area contributed by atoms with Crippen LogP contribution in [0.4, 0.5) is 0 Å². The quantitative estimate of drug-likeness (QED) is 0.621. The zero-order chi connectivity index (χ0) is 11.1. The number of imidazole rings is 1. The fourth-order valence-electron chi connectivity index (χ4n) is 1.85. The summed E-state index contributed by atoms with van der Waals surface area (Å²) in [7, 11) is 0. The summed E-state index contributed by atoms with van der Waals surface area (Å²) in [5, 5.41) is 0. The Kier molecular flexibility index (Phi) is 2.07. The van der Waals surface area contributed by atoms with Crippen LogP contribution in [0.5, 0.6) is 0 Å². The smallest absolute Gasteiger partial charge is 0.154 e. The second-order valence-corrected chi connectivity index (χ2v) is 5.28. The number of pyridine rings is 1. The Morgan fingerprint density at radius 1 is 1.19 bits per heavy atom. The van der Waals surface area contributed by atoms with Crippen LogP contribution in [-0.4, -0.2) is 9.38 Å². The molecule has 0 saturated carbocycles. The molecule has 0 fully saturated rings. The summed E-state index contributed by atoms with van der Waals surface area (Å²) in [5.74, 6) is 1.04. The van der Waals surface area contributed by atoms with Crippen molar-refractivity contribution in [2.75, 3.05) is 0 Å². The number of hydrogen-bond donors (Lipinski definition) is 0. The molecule has 0 radical (unpaired) electrons. The summed E-state index contributed by atoms with van der Waals surface area (Å²) in [6.07, 6.45) is 4.01. The van der Waals surface area contributed by atoms with Gasteiger partial charge in [0.1, 0.15) is 0 Å². The van der Waals surface area contributed by atoms with Gasteiger partial charge in [0.15, 0.2) is 5.82 Å². The van der Waals surface area contributed by atoms with Gasteiger partial charge in [-0.15, -0.1) is 11.3 Å². The van der Waals surface area contributed by atoms with Crippen molar-refractivity contribution in [3.63, 3.8) is 0 Å². The lowest BCUT2D eigenvalue weighted by atomic mass is 10.3. The van der Waals surface area contributed by atoms with Crippen LogP contribution in [0, 0.1) is 13.8 Å². The molecule has 3 rings (SSSR count). The zero-order valence-corrected chi connectivity index (χ0v) is 10.1. The maximum absolute atomic E-state index is 4.49. The lowest BCUT2D eigenvalue weighted by Gasteiger charge is -1.99. The van der Waals surface area contributed by atoms with Crippen molar-refractivity contribution >= 4 is 16.9 Å². The first-order valence-electron chi connectivity index (χ1n) is 5.24. The molecule has 80 valence electrons. The van der Waals surface area contributed by atoms with Crippen LogP contribution in [0.1, 0.15) is 10.4 Å². The van der Waals surface area contributed by atoms with E-state index in [1.54, 1.807) is 11.3 Å². The van der Waals surface area contributed by atoms with Crippen molar-refractivity contribution < 1.29 is 0 Å². The van der Waals surface area contributed by atoms with E-state index in [4.69, 9.17) is 0 Å². The molecular formula is C13H12N2S. The first kappa shape index (κ1) is 9.60. The molecule has 16 heavy (non-hydrogen) atoms. The van der Waals surface area contributed by atoms with Gasteiger partial charge < -0.3 is 0 Å². The molecule has 0 aromatic carbocycles. The van der Waals surface area contributed by atoms with E-state index in [0.717, 1.165) is 11.3 Å². The number of thiophene rings is 1. The standard InChI is InChI=1S/C13H12N2S/c1-9-5-6-15-11(7-9)8-14-13(15)12-4-3-10(2)16-12/h3-8H,1-2H3. The van der Waals surface area contributed by atoms with Gasteiger partial charge in [0.2, 0.25) is 0 Å². The SMILES string of the molecule is Cc1ccn2c(-c3ccc(C)s3)ncc2c1. The van der Waals surface area contributed by atoms with Crippen molar-refractivity contribution in [2.24, 2.45) is 0 Å². The molecule has 0 bridgehead atoms. The largest absolute Gasteiger partial charge is 0.299 e. The van der Waals surface area contributed by atoms with E-state index in [0.29, 0.717) is 0 Å². The molecule has 0 aliphatic carbocycles. The first-order chi connectivity index (χ1) is 7.74. The summed E-state index contributed by atoms with van der Waals surface area (Å²) >= 11 is 1.78. The predicted octanol–water partition coefficient (Wildman–Crippen LogP) is 3.68. The van der Waals surface area contributed by atoms with Gasteiger partial charge in [-0.1, -0.05) is 0 Å². The molecular weight excluding hydrogens is 216 g/mol. The number of aromatic nitrogens is 2. The van der Waals surface area contributed by atoms with Crippen molar-refractivity contribution in [1.29, 1.82) is 0 Å². The summed E-state index contributed by atoms with van der Waals surface area (Å²) in [5.41, 5.74) is 2.42. The average molecular weight is 228 g/mol. The van der Waals surface area contributed by atoms with E-state index >= 15 is 0 Å². The predicted molar refractivity (Wildman–Crippen MR) is 68.0 cm³/mol. The third kappa shape index (κ3) is 1.44. The van der Waals surface area contributed by atoms with Crippen molar-refractivity contribution in [1.82, 2.24) is 9.38 Å². The van der Waals surface area contributed by atoms with Gasteiger partial charge in [0.25, 0.3) is 0 Å². The molecule has 0 amide bonds. The van der Waals surface area contributed by atoms with Crippen LogP contribution < -0.4 is 0 Å². The van der Waals surface area contributed by atoms with Gasteiger partial charge in [0, 0.05) is 11.1 Å². The van der Waals surface area contributed by atoms with E-state index in [9.17, 15) is 0 Å². The minimum Gasteiger partial charge on any atom is -0.299 e. The van der Waals surface area contributed by atoms with Crippen molar-refractivity contribution in [3.8, 4) is 10.7 Å². The van der Waals surface area contributed by atoms with Gasteiger partial charge in [-0.05, 0) is 43.7 Å². The fourth-order valence-corrected chi connectivity index (χ4v) is 2.71. The number of hydrogen-bond acceptors (Lipinski definition) is 2. The molecule has 0 saturated heterocycles. The minimum atomic E-state index is 1.04. The first-order valence-corrected chi connectivity index (χ1v) is 6.06. The van der Waals surface area contributed by atoms with Crippen LogP contribution >= 0.6 is 11.3 Å². The van der Waals surface area contributed by atoms with E-state index < -0.39 is 0 Å². The Balaban J connectivity index is 2.25. The third-order valence-electron chi connectivity index (χ3n) is 2.65. The zero-order valence-electron chi connectivity index (χ0n) is 9.27. The number of rotatable bonds is 1. The third-order valence-corrected chi connectivity index (χ3v) is 3.64. The second-order valence-electron chi connectivity index (χ2n) is 3.99. The Hall–Kier alpha value is -1.61. The van der Waals surface area contributed by atoms with Gasteiger partial charge >= 0.3 is 0 Å². The van der Waals surface area contributed by atoms with Crippen LogP contribution in [-0.2, 0) is 0 Å². The van der Waals surface area contributed by atoms with Gasteiger partial charge in [-0.3, -0.25) is 4.40 Å². The molecule has 0 spiro atoms. The highest BCUT2D eigenvalue weighted by Gasteiger charge is 2.07. The topological polar surface area (TPSA) is 17.3 Å². The van der Waals surface area contributed by atoms with Crippen LogP contribution in [0.3, 0.4) is 0 Å². The maximum atomic E-state index is 4.49. The second kappa shape index (κ2) is 3.46. The molecule has 3 heterocycles. The molecule has 0 N–H and O–H groups in total. The molecule has 0 aliphatic rings. The molecule has 0 unspecified atom stereocenters. The van der Waals surface area contributed by atoms with Gasteiger partial charge in [0.05, 0.1) is 16.6 Å². The summed E-state index contributed by atoms with van der Waals surface area (Å²) < 4.78 is 2.14. The van der Waals surface area contributed by atoms with E-state index in [2.05, 4.69) is 53.7 Å². The molecule has 0 atom stereocenters. The van der Waals surface area contributed by atoms with Crippen LogP contribution in [0.15, 0.2) is 36.7 Å². The Morgan fingerprint density at radius 3 is 2.81 bits per heavy atom. The number of fused-ring (bicyclic) bond motifs is 1. The lowest BCUT2D eigenvalue weighted by Crippen LogP contribution is -1.87. The summed E-state index contributed by atoms with van der Waals surface area (Å²) in [6, 6.07) is 8.53. The van der Waals surface area contributed by atoms with Gasteiger partial charge in [-0.25, -0.2) is 4.98 Å². The Labute approximate surface area is 98.2 Å². The van der Waals surface area contributed by atoms with Crippen molar-refractivity contribution in [3.05, 3.63) is 47.1 Å². The lowest BCUT2D eigenvalue weighted by molar-refractivity contribution is 1.16. The van der Waals surface area contributed by atoms with E-state index in [-0.39, 0.29) is 0 Å². The molecule has 2 nitrogen and oxygen atoms in total. The van der Waals surface area contributed by atoms with E-state index in [1.807, 2.05) is 6.20 Å².